The Balaban J connectivity index is 0.00000514. The Morgan fingerprint density at radius 3 is 2.22 bits per heavy atom. The number of hydrogen-bond acceptors (Lipinski definition) is 3. The first-order valence-corrected chi connectivity index (χ1v) is 19.8. The molecule has 0 saturated heterocycles. The van der Waals surface area contributed by atoms with E-state index >= 15 is 0 Å². The average Bonchev–Trinajstić information content (AvgIpc) is 3.59. The Hall–Kier alpha value is -3.95. The number of pyridine rings is 1. The Labute approximate surface area is 343 Å². The number of benzene rings is 3. The molecule has 0 radical (unpaired) electrons. The van der Waals surface area contributed by atoms with Gasteiger partial charge < -0.3 is 9.30 Å². The van der Waals surface area contributed by atoms with Gasteiger partial charge in [-0.25, -0.2) is 4.98 Å². The molecular weight excluding hydrogens is 856 g/mol. The summed E-state index contributed by atoms with van der Waals surface area (Å²) in [6.45, 7) is 29.9. The van der Waals surface area contributed by atoms with Crippen molar-refractivity contribution in [2.24, 2.45) is 16.7 Å². The molecule has 5 nitrogen and oxygen atoms in total. The minimum absolute atomic E-state index is 0. The molecule has 290 valence electrons. The topological polar surface area (TPSA) is 44.9 Å². The van der Waals surface area contributed by atoms with Crippen molar-refractivity contribution >= 4 is 21.8 Å². The van der Waals surface area contributed by atoms with E-state index in [4.69, 9.17) is 14.8 Å². The summed E-state index contributed by atoms with van der Waals surface area (Å²) in [4.78, 5) is 4.83. The van der Waals surface area contributed by atoms with Gasteiger partial charge in [0.05, 0.1) is 5.69 Å². The number of fused-ring (bicyclic) bond motifs is 3. The molecule has 1 aliphatic carbocycles. The Morgan fingerprint density at radius 2 is 1.55 bits per heavy atom. The first-order valence-electron chi connectivity index (χ1n) is 19.8. The molecule has 0 N–H and O–H groups in total. The maximum absolute atomic E-state index is 6.75. The maximum atomic E-state index is 6.75. The fourth-order valence-corrected chi connectivity index (χ4v) is 8.67. The van der Waals surface area contributed by atoms with Gasteiger partial charge in [0, 0.05) is 40.4 Å². The summed E-state index contributed by atoms with van der Waals surface area (Å²) < 4.78 is 11.1. The van der Waals surface area contributed by atoms with E-state index in [-0.39, 0.29) is 37.3 Å². The third-order valence-electron chi connectivity index (χ3n) is 11.6. The van der Waals surface area contributed by atoms with Crippen molar-refractivity contribution in [3.8, 4) is 23.0 Å². The van der Waals surface area contributed by atoms with Crippen LogP contribution in [0.25, 0.3) is 33.3 Å². The second-order valence-corrected chi connectivity index (χ2v) is 18.9. The van der Waals surface area contributed by atoms with Gasteiger partial charge >= 0.3 is 21.1 Å². The maximum Gasteiger partial charge on any atom is 2.00 e. The van der Waals surface area contributed by atoms with Crippen LogP contribution in [0.5, 0.6) is 11.5 Å². The fourth-order valence-electron chi connectivity index (χ4n) is 8.67. The van der Waals surface area contributed by atoms with Crippen molar-refractivity contribution in [1.82, 2.24) is 19.3 Å². The molecule has 0 amide bonds. The molecule has 55 heavy (non-hydrogen) atoms. The van der Waals surface area contributed by atoms with Gasteiger partial charge in [0.25, 0.3) is 0 Å². The van der Waals surface area contributed by atoms with Crippen LogP contribution in [0.3, 0.4) is 0 Å². The molecule has 3 aromatic carbocycles. The van der Waals surface area contributed by atoms with Gasteiger partial charge in [-0.15, -0.1) is 41.3 Å². The first-order chi connectivity index (χ1) is 25.3. The zero-order chi connectivity index (χ0) is 38.9. The summed E-state index contributed by atoms with van der Waals surface area (Å²) in [5.74, 6) is 3.35. The van der Waals surface area contributed by atoms with E-state index in [1.165, 1.54) is 28.8 Å². The predicted octanol–water partition coefficient (Wildman–Crippen LogP) is 13.3. The molecule has 1 unspecified atom stereocenters. The number of allylic oxidation sites excluding steroid dienone is 2. The zero-order valence-corrected chi connectivity index (χ0v) is 37.4. The third kappa shape index (κ3) is 7.76. The largest absolute Gasteiger partial charge is 2.00 e. The first kappa shape index (κ1) is 40.7. The smallest absolute Gasteiger partial charge is 0.509 e. The predicted molar refractivity (Wildman–Crippen MR) is 225 cm³/mol. The Morgan fingerprint density at radius 1 is 0.818 bits per heavy atom. The summed E-state index contributed by atoms with van der Waals surface area (Å²) in [5, 5.41) is 7.54. The van der Waals surface area contributed by atoms with Gasteiger partial charge in [0.2, 0.25) is 0 Å². The van der Waals surface area contributed by atoms with Crippen LogP contribution in [0.4, 0.5) is 0 Å². The van der Waals surface area contributed by atoms with E-state index in [1.807, 2.05) is 12.3 Å². The third-order valence-corrected chi connectivity index (χ3v) is 11.6. The van der Waals surface area contributed by atoms with Crippen molar-refractivity contribution < 1.29 is 25.8 Å². The van der Waals surface area contributed by atoms with Crippen molar-refractivity contribution in [3.63, 3.8) is 0 Å². The molecule has 2 atom stereocenters. The molecule has 6 aromatic rings. The molecule has 7 rings (SSSR count). The van der Waals surface area contributed by atoms with Gasteiger partial charge in [-0.2, -0.15) is 11.2 Å². The minimum Gasteiger partial charge on any atom is -0.509 e. The van der Waals surface area contributed by atoms with Crippen LogP contribution in [-0.4, -0.2) is 19.3 Å². The van der Waals surface area contributed by atoms with Crippen LogP contribution >= 0.6 is 0 Å². The van der Waals surface area contributed by atoms with Crippen LogP contribution in [0, 0.1) is 42.7 Å². The molecule has 3 aromatic heterocycles. The number of rotatable bonds is 6. The fraction of sp³-hybridized carbons (Fsp3) is 0.429. The van der Waals surface area contributed by atoms with Gasteiger partial charge in [0.1, 0.15) is 5.82 Å². The number of ether oxygens (including phenoxy) is 1. The van der Waals surface area contributed by atoms with E-state index in [1.54, 1.807) is 0 Å². The normalized spacial score (nSPS) is 16.8. The van der Waals surface area contributed by atoms with E-state index in [9.17, 15) is 0 Å². The van der Waals surface area contributed by atoms with Crippen molar-refractivity contribution in [2.75, 3.05) is 0 Å². The number of aryl methyl sites for hydroxylation is 1. The van der Waals surface area contributed by atoms with Gasteiger partial charge in [-0.05, 0) is 89.6 Å². The number of aromatic nitrogens is 4. The summed E-state index contributed by atoms with van der Waals surface area (Å²) in [6.07, 6.45) is 6.73. The summed E-state index contributed by atoms with van der Waals surface area (Å²) in [7, 11) is 0. The van der Waals surface area contributed by atoms with Gasteiger partial charge in [-0.3, -0.25) is 4.68 Å². The second kappa shape index (κ2) is 14.8. The van der Waals surface area contributed by atoms with Crippen molar-refractivity contribution in [1.29, 1.82) is 0 Å². The molecule has 0 spiro atoms. The monoisotopic (exact) mass is 913 g/mol. The molecule has 0 bridgehead atoms. The summed E-state index contributed by atoms with van der Waals surface area (Å²) >= 11 is 0. The van der Waals surface area contributed by atoms with Crippen LogP contribution in [-0.2, 0) is 26.5 Å². The molecular formula is C49H58N4OPt. The summed E-state index contributed by atoms with van der Waals surface area (Å²) in [5.41, 5.74) is 10.6. The molecule has 6 heteroatoms. The Kier molecular flexibility index (Phi) is 11.0. The minimum atomic E-state index is -0.128. The SMILES string of the molecule is Cc1nn(-c2[c-]c(Oc3[c-]c4c(cc3)c3ccccc3n4-c3cc(C(C)C)ccn3)cc(C(C)(C)C)c2)c(C)c1C1C(C(C)(C)C)=CCC[C@@H]1C(C)(C)C.[Pt+2]. The van der Waals surface area contributed by atoms with Crippen molar-refractivity contribution in [2.45, 2.75) is 120 Å². The quantitative estimate of drug-likeness (QED) is 0.124. The van der Waals surface area contributed by atoms with E-state index in [0.717, 1.165) is 51.0 Å². The van der Waals surface area contributed by atoms with Crippen LogP contribution in [0.15, 0.2) is 78.5 Å². The van der Waals surface area contributed by atoms with Crippen LogP contribution < -0.4 is 4.74 Å². The molecule has 0 saturated carbocycles. The van der Waals surface area contributed by atoms with E-state index in [0.29, 0.717) is 29.3 Å². The number of hydrogen-bond donors (Lipinski definition) is 0. The van der Waals surface area contributed by atoms with Crippen LogP contribution in [0.2, 0.25) is 0 Å². The molecule has 0 aliphatic heterocycles. The standard InChI is InChI=1S/C49H58N4O.Pt/c1-30(2)33-23-24-50-44(25-33)52-42-20-15-14-17-38(42)39-22-21-36(29-43(39)52)54-37-27-34(47(5,6)7)26-35(28-37)53-32(4)45(31(3)51-53)46-40(48(8,9)10)18-16-19-41(46)49(11,12)13;/h14-15,17-18,20-27,30,41,46H,16,19H2,1-13H3;/q-2;+2/t41-,46?;/m0./s1. The zero-order valence-electron chi connectivity index (χ0n) is 35.1. The molecule has 1 aliphatic rings. The van der Waals surface area contributed by atoms with E-state index in [2.05, 4.69) is 172 Å². The number of nitrogens with zero attached hydrogens (tertiary/aromatic N) is 4. The molecule has 0 fully saturated rings. The summed E-state index contributed by atoms with van der Waals surface area (Å²) in [6, 6.07) is 28.6. The van der Waals surface area contributed by atoms with Gasteiger partial charge in [0.15, 0.2) is 0 Å². The number of para-hydroxylation sites is 1. The van der Waals surface area contributed by atoms with E-state index < -0.39 is 0 Å². The Bertz CT molecular complexity index is 2390. The van der Waals surface area contributed by atoms with Crippen molar-refractivity contribution in [3.05, 3.63) is 119 Å². The van der Waals surface area contributed by atoms with Gasteiger partial charge in [-0.1, -0.05) is 112 Å². The second-order valence-electron chi connectivity index (χ2n) is 18.9. The van der Waals surface area contributed by atoms with Crippen LogP contribution in [0.1, 0.15) is 129 Å². The average molecular weight is 914 g/mol. The molecule has 3 heterocycles.